The molecule has 1 heterocycles. The topological polar surface area (TPSA) is 111 Å². The summed E-state index contributed by atoms with van der Waals surface area (Å²) in [6.07, 6.45) is 0. The number of methoxy groups -OCH3 is 1. The summed E-state index contributed by atoms with van der Waals surface area (Å²) in [6.45, 7) is 1.48. The van der Waals surface area contributed by atoms with Gasteiger partial charge in [-0.1, -0.05) is 6.07 Å². The summed E-state index contributed by atoms with van der Waals surface area (Å²) in [5.41, 5.74) is 0.547. The van der Waals surface area contributed by atoms with E-state index in [0.29, 0.717) is 0 Å². The minimum absolute atomic E-state index is 0.129. The van der Waals surface area contributed by atoms with E-state index >= 15 is 0 Å². The number of amides is 1. The predicted molar refractivity (Wildman–Crippen MR) is 81.4 cm³/mol. The lowest BCUT2D eigenvalue weighted by Gasteiger charge is -2.06. The average molecular weight is 315 g/mol. The first-order valence-electron chi connectivity index (χ1n) is 6.54. The Morgan fingerprint density at radius 3 is 2.52 bits per heavy atom. The number of carbonyl (C=O) groups excluding carboxylic acids is 2. The van der Waals surface area contributed by atoms with Crippen LogP contribution in [0.5, 0.6) is 0 Å². The second kappa shape index (κ2) is 6.65. The van der Waals surface area contributed by atoms with Gasteiger partial charge in [0.15, 0.2) is 0 Å². The number of esters is 1. The SMILES string of the molecule is COC(=O)c1cccc(C(=O)Nc2ccc([N+](=O)[O-])c(C)n2)c1. The van der Waals surface area contributed by atoms with E-state index in [1.165, 1.54) is 44.4 Å². The molecule has 0 fully saturated rings. The number of pyridine rings is 1. The maximum Gasteiger partial charge on any atom is 0.337 e. The van der Waals surface area contributed by atoms with Crippen molar-refractivity contribution in [3.05, 3.63) is 63.3 Å². The van der Waals surface area contributed by atoms with Crippen LogP contribution >= 0.6 is 0 Å². The van der Waals surface area contributed by atoms with Crippen molar-refractivity contribution in [3.63, 3.8) is 0 Å². The van der Waals surface area contributed by atoms with Crippen LogP contribution in [0.15, 0.2) is 36.4 Å². The van der Waals surface area contributed by atoms with Crippen LogP contribution in [0.3, 0.4) is 0 Å². The van der Waals surface area contributed by atoms with Crippen LogP contribution in [-0.2, 0) is 4.74 Å². The summed E-state index contributed by atoms with van der Waals surface area (Å²) in [6, 6.07) is 8.60. The second-order valence-electron chi connectivity index (χ2n) is 4.58. The molecule has 0 saturated carbocycles. The van der Waals surface area contributed by atoms with E-state index in [-0.39, 0.29) is 28.3 Å². The number of aryl methyl sites for hydroxylation is 1. The Morgan fingerprint density at radius 2 is 1.91 bits per heavy atom. The molecule has 1 N–H and O–H groups in total. The number of nitrogens with one attached hydrogen (secondary N) is 1. The fourth-order valence-electron chi connectivity index (χ4n) is 1.91. The van der Waals surface area contributed by atoms with Crippen LogP contribution in [0.4, 0.5) is 11.5 Å². The molecule has 118 valence electrons. The Morgan fingerprint density at radius 1 is 1.22 bits per heavy atom. The Labute approximate surface area is 131 Å². The normalized spacial score (nSPS) is 10.0. The Kier molecular flexibility index (Phi) is 4.65. The first-order chi connectivity index (χ1) is 10.9. The highest BCUT2D eigenvalue weighted by Crippen LogP contribution is 2.18. The number of benzene rings is 1. The third-order valence-electron chi connectivity index (χ3n) is 3.04. The lowest BCUT2D eigenvalue weighted by atomic mass is 10.1. The zero-order valence-electron chi connectivity index (χ0n) is 12.4. The van der Waals surface area contributed by atoms with Crippen molar-refractivity contribution in [3.8, 4) is 0 Å². The maximum atomic E-state index is 12.2. The molecule has 0 aliphatic rings. The van der Waals surface area contributed by atoms with Crippen molar-refractivity contribution in [2.75, 3.05) is 12.4 Å². The molecule has 23 heavy (non-hydrogen) atoms. The number of carbonyl (C=O) groups is 2. The molecular formula is C15H13N3O5. The highest BCUT2D eigenvalue weighted by atomic mass is 16.6. The van der Waals surface area contributed by atoms with Gasteiger partial charge < -0.3 is 10.1 Å². The van der Waals surface area contributed by atoms with E-state index in [0.717, 1.165) is 0 Å². The molecule has 0 saturated heterocycles. The van der Waals surface area contributed by atoms with Crippen molar-refractivity contribution in [1.29, 1.82) is 0 Å². The fourth-order valence-corrected chi connectivity index (χ4v) is 1.91. The molecule has 8 nitrogen and oxygen atoms in total. The molecule has 0 unspecified atom stereocenters. The van der Waals surface area contributed by atoms with E-state index in [1.807, 2.05) is 0 Å². The van der Waals surface area contributed by atoms with Crippen molar-refractivity contribution in [2.45, 2.75) is 6.92 Å². The average Bonchev–Trinajstić information content (AvgIpc) is 2.54. The number of nitrogens with zero attached hydrogens (tertiary/aromatic N) is 2. The third kappa shape index (κ3) is 3.67. The van der Waals surface area contributed by atoms with Gasteiger partial charge in [-0.15, -0.1) is 0 Å². The van der Waals surface area contributed by atoms with Crippen LogP contribution in [0.2, 0.25) is 0 Å². The van der Waals surface area contributed by atoms with E-state index in [4.69, 9.17) is 0 Å². The summed E-state index contributed by atoms with van der Waals surface area (Å²) in [7, 11) is 1.25. The number of ether oxygens (including phenoxy) is 1. The van der Waals surface area contributed by atoms with Crippen molar-refractivity contribution < 1.29 is 19.2 Å². The molecule has 1 aromatic carbocycles. The van der Waals surface area contributed by atoms with Gasteiger partial charge in [0.1, 0.15) is 11.5 Å². The summed E-state index contributed by atoms with van der Waals surface area (Å²) < 4.78 is 4.59. The molecule has 0 atom stereocenters. The summed E-state index contributed by atoms with van der Waals surface area (Å²) >= 11 is 0. The maximum absolute atomic E-state index is 12.2. The third-order valence-corrected chi connectivity index (χ3v) is 3.04. The Balaban J connectivity index is 2.21. The molecule has 2 rings (SSSR count). The van der Waals surface area contributed by atoms with Gasteiger partial charge in [0, 0.05) is 11.6 Å². The van der Waals surface area contributed by atoms with E-state index in [1.54, 1.807) is 6.07 Å². The van der Waals surface area contributed by atoms with Crippen LogP contribution in [-0.4, -0.2) is 28.9 Å². The molecule has 0 spiro atoms. The second-order valence-corrected chi connectivity index (χ2v) is 4.58. The zero-order chi connectivity index (χ0) is 17.0. The van der Waals surface area contributed by atoms with Crippen molar-refractivity contribution >= 4 is 23.4 Å². The monoisotopic (exact) mass is 315 g/mol. The minimum Gasteiger partial charge on any atom is -0.465 e. The quantitative estimate of drug-likeness (QED) is 0.526. The van der Waals surface area contributed by atoms with E-state index in [9.17, 15) is 19.7 Å². The largest absolute Gasteiger partial charge is 0.465 e. The molecule has 0 aliphatic heterocycles. The summed E-state index contributed by atoms with van der Waals surface area (Å²) in [5.74, 6) is -0.859. The van der Waals surface area contributed by atoms with Gasteiger partial charge in [-0.25, -0.2) is 9.78 Å². The molecule has 1 amide bonds. The summed E-state index contributed by atoms with van der Waals surface area (Å²) in [5, 5.41) is 13.3. The van der Waals surface area contributed by atoms with E-state index in [2.05, 4.69) is 15.0 Å². The molecule has 1 aromatic heterocycles. The number of rotatable bonds is 4. The van der Waals surface area contributed by atoms with Gasteiger partial charge in [0.05, 0.1) is 17.6 Å². The van der Waals surface area contributed by atoms with Crippen LogP contribution < -0.4 is 5.32 Å². The fraction of sp³-hybridized carbons (Fsp3) is 0.133. The number of aromatic nitrogens is 1. The van der Waals surface area contributed by atoms with Gasteiger partial charge in [0.2, 0.25) is 0 Å². The van der Waals surface area contributed by atoms with Gasteiger partial charge in [-0.3, -0.25) is 14.9 Å². The van der Waals surface area contributed by atoms with Gasteiger partial charge >= 0.3 is 5.97 Å². The molecular weight excluding hydrogens is 302 g/mol. The first-order valence-corrected chi connectivity index (χ1v) is 6.54. The van der Waals surface area contributed by atoms with Crippen molar-refractivity contribution in [2.24, 2.45) is 0 Å². The molecule has 2 aromatic rings. The van der Waals surface area contributed by atoms with E-state index < -0.39 is 16.8 Å². The summed E-state index contributed by atoms with van der Waals surface area (Å²) in [4.78, 5) is 37.8. The predicted octanol–water partition coefficient (Wildman–Crippen LogP) is 2.34. The minimum atomic E-state index is -0.552. The highest BCUT2D eigenvalue weighted by molar-refractivity contribution is 6.05. The number of anilines is 1. The number of hydrogen-bond donors (Lipinski definition) is 1. The number of hydrogen-bond acceptors (Lipinski definition) is 6. The lowest BCUT2D eigenvalue weighted by molar-refractivity contribution is -0.385. The molecule has 0 aliphatic carbocycles. The van der Waals surface area contributed by atoms with Gasteiger partial charge in [0.25, 0.3) is 11.6 Å². The molecule has 8 heteroatoms. The van der Waals surface area contributed by atoms with Crippen molar-refractivity contribution in [1.82, 2.24) is 4.98 Å². The smallest absolute Gasteiger partial charge is 0.337 e. The van der Waals surface area contributed by atoms with Crippen LogP contribution in [0.25, 0.3) is 0 Å². The van der Waals surface area contributed by atoms with Gasteiger partial charge in [-0.2, -0.15) is 0 Å². The first kappa shape index (κ1) is 16.1. The highest BCUT2D eigenvalue weighted by Gasteiger charge is 2.14. The molecule has 0 bridgehead atoms. The lowest BCUT2D eigenvalue weighted by Crippen LogP contribution is -2.14. The molecule has 0 radical (unpaired) electrons. The van der Waals surface area contributed by atoms with Gasteiger partial charge in [-0.05, 0) is 31.2 Å². The van der Waals surface area contributed by atoms with Crippen LogP contribution in [0.1, 0.15) is 26.4 Å². The van der Waals surface area contributed by atoms with Crippen LogP contribution in [0, 0.1) is 17.0 Å². The standard InChI is InChI=1S/C15H13N3O5/c1-9-12(18(21)22)6-7-13(16-9)17-14(19)10-4-3-5-11(8-10)15(20)23-2/h3-8H,1-2H3,(H,16,17,19). The number of nitro groups is 1. The zero-order valence-corrected chi connectivity index (χ0v) is 12.4. The Bertz CT molecular complexity index is 788. The Hall–Kier alpha value is -3.29.